The minimum absolute atomic E-state index is 0.252. The summed E-state index contributed by atoms with van der Waals surface area (Å²) in [4.78, 5) is 9.36. The quantitative estimate of drug-likeness (QED) is 0.817. The highest BCUT2D eigenvalue weighted by atomic mass is 19.1. The molecule has 0 spiro atoms. The van der Waals surface area contributed by atoms with E-state index < -0.39 is 0 Å². The van der Waals surface area contributed by atoms with E-state index in [4.69, 9.17) is 4.42 Å². The van der Waals surface area contributed by atoms with Crippen molar-refractivity contribution >= 4 is 0 Å². The summed E-state index contributed by atoms with van der Waals surface area (Å²) >= 11 is 0. The Hall–Kier alpha value is -1.72. The molecule has 1 saturated heterocycles. The van der Waals surface area contributed by atoms with E-state index in [2.05, 4.69) is 28.8 Å². The molecule has 3 rings (SSSR count). The molecule has 1 aliphatic rings. The van der Waals surface area contributed by atoms with Crippen molar-refractivity contribution in [3.05, 3.63) is 42.0 Å². The third-order valence-electron chi connectivity index (χ3n) is 4.50. The van der Waals surface area contributed by atoms with Crippen LogP contribution in [-0.2, 0) is 6.54 Å². The van der Waals surface area contributed by atoms with Crippen molar-refractivity contribution in [1.29, 1.82) is 0 Å². The Morgan fingerprint density at radius 1 is 1.35 bits per heavy atom. The molecule has 2 aromatic rings. The number of rotatable bonds is 6. The van der Waals surface area contributed by atoms with Crippen LogP contribution in [-0.4, -0.2) is 47.5 Å². The van der Waals surface area contributed by atoms with E-state index in [1.54, 1.807) is 18.4 Å². The second-order valence-corrected chi connectivity index (χ2v) is 6.27. The Morgan fingerprint density at radius 2 is 2.13 bits per heavy atom. The first kappa shape index (κ1) is 16.1. The van der Waals surface area contributed by atoms with E-state index >= 15 is 0 Å². The average Bonchev–Trinajstić information content (AvgIpc) is 3.17. The van der Waals surface area contributed by atoms with Gasteiger partial charge in [0.25, 0.3) is 0 Å². The summed E-state index contributed by atoms with van der Waals surface area (Å²) in [6, 6.07) is 6.86. The maximum atomic E-state index is 13.0. The van der Waals surface area contributed by atoms with Gasteiger partial charge in [-0.3, -0.25) is 9.80 Å². The molecule has 124 valence electrons. The van der Waals surface area contributed by atoms with Gasteiger partial charge in [0.05, 0.1) is 5.69 Å². The first-order valence-electron chi connectivity index (χ1n) is 8.28. The van der Waals surface area contributed by atoms with E-state index in [1.807, 2.05) is 0 Å². The number of benzene rings is 1. The van der Waals surface area contributed by atoms with Crippen molar-refractivity contribution in [1.82, 2.24) is 14.8 Å². The summed E-state index contributed by atoms with van der Waals surface area (Å²) in [6.45, 7) is 6.38. The van der Waals surface area contributed by atoms with Crippen molar-refractivity contribution in [3.63, 3.8) is 0 Å². The SMILES string of the molecule is CCN1CCC[C@@H]1CN(C)Cc1coc(-c2ccc(F)cc2)n1. The lowest BCUT2D eigenvalue weighted by atomic mass is 10.2. The topological polar surface area (TPSA) is 32.5 Å². The average molecular weight is 317 g/mol. The predicted octanol–water partition coefficient (Wildman–Crippen LogP) is 3.40. The van der Waals surface area contributed by atoms with Crippen LogP contribution >= 0.6 is 0 Å². The Morgan fingerprint density at radius 3 is 2.87 bits per heavy atom. The fraction of sp³-hybridized carbons (Fsp3) is 0.500. The lowest BCUT2D eigenvalue weighted by molar-refractivity contribution is 0.193. The zero-order valence-corrected chi connectivity index (χ0v) is 13.8. The van der Waals surface area contributed by atoms with Crippen LogP contribution in [0, 0.1) is 5.82 Å². The number of likely N-dealkylation sites (tertiary alicyclic amines) is 1. The van der Waals surface area contributed by atoms with Gasteiger partial charge in [-0.25, -0.2) is 9.37 Å². The van der Waals surface area contributed by atoms with Crippen molar-refractivity contribution in [2.45, 2.75) is 32.4 Å². The van der Waals surface area contributed by atoms with Gasteiger partial charge < -0.3 is 4.42 Å². The van der Waals surface area contributed by atoms with Crippen molar-refractivity contribution in [2.75, 3.05) is 26.7 Å². The summed E-state index contributed by atoms with van der Waals surface area (Å²) < 4.78 is 18.5. The van der Waals surface area contributed by atoms with Crippen molar-refractivity contribution in [3.8, 4) is 11.5 Å². The number of oxazole rings is 1. The van der Waals surface area contributed by atoms with Crippen LogP contribution in [0.5, 0.6) is 0 Å². The van der Waals surface area contributed by atoms with Gasteiger partial charge in [0.1, 0.15) is 12.1 Å². The molecule has 0 saturated carbocycles. The third-order valence-corrected chi connectivity index (χ3v) is 4.50. The van der Waals surface area contributed by atoms with E-state index in [-0.39, 0.29) is 5.82 Å². The van der Waals surface area contributed by atoms with Gasteiger partial charge in [-0.1, -0.05) is 6.92 Å². The number of aromatic nitrogens is 1. The zero-order chi connectivity index (χ0) is 16.2. The molecule has 0 radical (unpaired) electrons. The van der Waals surface area contributed by atoms with E-state index in [9.17, 15) is 4.39 Å². The second kappa shape index (κ2) is 7.23. The van der Waals surface area contributed by atoms with Gasteiger partial charge in [-0.05, 0) is 57.2 Å². The lowest BCUT2D eigenvalue weighted by Gasteiger charge is -2.27. The van der Waals surface area contributed by atoms with Gasteiger partial charge in [0, 0.05) is 24.7 Å². The maximum Gasteiger partial charge on any atom is 0.226 e. The summed E-state index contributed by atoms with van der Waals surface area (Å²) in [5.74, 6) is 0.293. The Bertz CT molecular complexity index is 625. The Balaban J connectivity index is 1.59. The van der Waals surface area contributed by atoms with E-state index in [0.29, 0.717) is 11.9 Å². The number of nitrogens with zero attached hydrogens (tertiary/aromatic N) is 3. The molecule has 0 unspecified atom stereocenters. The van der Waals surface area contributed by atoms with Gasteiger partial charge >= 0.3 is 0 Å². The van der Waals surface area contributed by atoms with Crippen LogP contribution < -0.4 is 0 Å². The molecular formula is C18H24FN3O. The summed E-state index contributed by atoms with van der Waals surface area (Å²) in [6.07, 6.45) is 4.27. The van der Waals surface area contributed by atoms with Crippen LogP contribution in [0.4, 0.5) is 4.39 Å². The number of hydrogen-bond acceptors (Lipinski definition) is 4. The summed E-state index contributed by atoms with van der Waals surface area (Å²) in [5, 5.41) is 0. The molecule has 0 bridgehead atoms. The van der Waals surface area contributed by atoms with Crippen LogP contribution in [0.1, 0.15) is 25.5 Å². The lowest BCUT2D eigenvalue weighted by Crippen LogP contribution is -2.38. The third kappa shape index (κ3) is 3.98. The molecule has 1 aromatic heterocycles. The standard InChI is InChI=1S/C18H24FN3O/c1-3-22-10-4-5-17(22)12-21(2)11-16-13-23-18(20-16)14-6-8-15(19)9-7-14/h6-9,13,17H,3-5,10-12H2,1-2H3/t17-/m1/s1. The highest BCUT2D eigenvalue weighted by Crippen LogP contribution is 2.21. The van der Waals surface area contributed by atoms with Crippen LogP contribution in [0.3, 0.4) is 0 Å². The highest BCUT2D eigenvalue weighted by molar-refractivity contribution is 5.52. The fourth-order valence-electron chi connectivity index (χ4n) is 3.32. The molecule has 4 nitrogen and oxygen atoms in total. The predicted molar refractivity (Wildman–Crippen MR) is 88.5 cm³/mol. The maximum absolute atomic E-state index is 13.0. The van der Waals surface area contributed by atoms with Crippen molar-refractivity contribution in [2.24, 2.45) is 0 Å². The molecule has 5 heteroatoms. The number of hydrogen-bond donors (Lipinski definition) is 0. The van der Waals surface area contributed by atoms with Gasteiger partial charge in [0.2, 0.25) is 5.89 Å². The molecule has 2 heterocycles. The molecular weight excluding hydrogens is 293 g/mol. The zero-order valence-electron chi connectivity index (χ0n) is 13.8. The van der Waals surface area contributed by atoms with Crippen molar-refractivity contribution < 1.29 is 8.81 Å². The Kier molecular flexibility index (Phi) is 5.08. The number of likely N-dealkylation sites (N-methyl/N-ethyl adjacent to an activating group) is 2. The molecule has 1 fully saturated rings. The minimum atomic E-state index is -0.252. The molecule has 23 heavy (non-hydrogen) atoms. The van der Waals surface area contributed by atoms with E-state index in [1.165, 1.54) is 31.5 Å². The first-order valence-corrected chi connectivity index (χ1v) is 8.28. The first-order chi connectivity index (χ1) is 11.2. The van der Waals surface area contributed by atoms with Gasteiger partial charge in [0.15, 0.2) is 0 Å². The molecule has 0 aliphatic carbocycles. The monoisotopic (exact) mass is 317 g/mol. The van der Waals surface area contributed by atoms with Crippen LogP contribution in [0.25, 0.3) is 11.5 Å². The largest absolute Gasteiger partial charge is 0.444 e. The van der Waals surface area contributed by atoms with E-state index in [0.717, 1.165) is 30.9 Å². The minimum Gasteiger partial charge on any atom is -0.444 e. The molecule has 0 amide bonds. The van der Waals surface area contributed by atoms with Gasteiger partial charge in [-0.15, -0.1) is 0 Å². The van der Waals surface area contributed by atoms with Crippen LogP contribution in [0.15, 0.2) is 34.9 Å². The smallest absolute Gasteiger partial charge is 0.226 e. The van der Waals surface area contributed by atoms with Crippen LogP contribution in [0.2, 0.25) is 0 Å². The molecule has 1 aromatic carbocycles. The van der Waals surface area contributed by atoms with Gasteiger partial charge in [-0.2, -0.15) is 0 Å². The summed E-state index contributed by atoms with van der Waals surface area (Å²) in [7, 11) is 2.12. The summed E-state index contributed by atoms with van der Waals surface area (Å²) in [5.41, 5.74) is 1.71. The molecule has 0 N–H and O–H groups in total. The molecule has 1 aliphatic heterocycles. The number of halogens is 1. The highest BCUT2D eigenvalue weighted by Gasteiger charge is 2.24. The molecule has 1 atom stereocenters. The normalized spacial score (nSPS) is 18.9. The fourth-order valence-corrected chi connectivity index (χ4v) is 3.32. The second-order valence-electron chi connectivity index (χ2n) is 6.27. The Labute approximate surface area is 136 Å².